The van der Waals surface area contributed by atoms with E-state index < -0.39 is 18.2 Å². The molecule has 1 saturated carbocycles. The van der Waals surface area contributed by atoms with Gasteiger partial charge in [0.15, 0.2) is 0 Å². The van der Waals surface area contributed by atoms with Crippen LogP contribution in [0.25, 0.3) is 0 Å². The third-order valence-corrected chi connectivity index (χ3v) is 5.58. The minimum absolute atomic E-state index is 0.0621. The lowest BCUT2D eigenvalue weighted by molar-refractivity contribution is -0.137. The average molecular weight is 404 g/mol. The van der Waals surface area contributed by atoms with Gasteiger partial charge in [-0.2, -0.15) is 0 Å². The van der Waals surface area contributed by atoms with Gasteiger partial charge in [-0.3, -0.25) is 4.79 Å². The number of hydrogen-bond donors (Lipinski definition) is 5. The van der Waals surface area contributed by atoms with Crippen LogP contribution >= 0.6 is 0 Å². The zero-order valence-electron chi connectivity index (χ0n) is 16.7. The van der Waals surface area contributed by atoms with E-state index in [4.69, 9.17) is 5.11 Å². The number of carboxylic acids is 1. The monoisotopic (exact) mass is 403 g/mol. The van der Waals surface area contributed by atoms with Crippen molar-refractivity contribution < 1.29 is 25.3 Å². The molecule has 1 aliphatic carbocycles. The molecule has 6 heteroatoms. The second-order valence-corrected chi connectivity index (χ2v) is 7.75. The van der Waals surface area contributed by atoms with Gasteiger partial charge in [0, 0.05) is 18.4 Å². The number of aliphatic hydroxyl groups excluding tert-OH is 2. The lowest BCUT2D eigenvalue weighted by Gasteiger charge is -2.21. The molecule has 0 spiro atoms. The number of aliphatic carboxylic acids is 1. The van der Waals surface area contributed by atoms with Gasteiger partial charge in [-0.1, -0.05) is 54.6 Å². The van der Waals surface area contributed by atoms with Crippen molar-refractivity contribution in [2.45, 2.75) is 63.2 Å². The zero-order chi connectivity index (χ0) is 21.1. The van der Waals surface area contributed by atoms with E-state index in [1.807, 2.05) is 48.6 Å². The molecular formula is C23H33NO5. The first-order valence-corrected chi connectivity index (χ1v) is 10.4. The molecular weight excluding hydrogens is 370 g/mol. The highest BCUT2D eigenvalue weighted by Crippen LogP contribution is 2.36. The summed E-state index contributed by atoms with van der Waals surface area (Å²) in [6.07, 6.45) is 10.4. The van der Waals surface area contributed by atoms with E-state index in [1.54, 1.807) is 6.08 Å². The molecule has 5 atom stereocenters. The maximum atomic E-state index is 10.5. The SMILES string of the molecule is O=C(O)CCC/C=C\C[C@H]1[C@@H](O)CC(NO)[C@@H]1/C=C/C(O)CCc1ccccc1. The summed E-state index contributed by atoms with van der Waals surface area (Å²) in [7, 11) is 0. The Morgan fingerprint density at radius 3 is 2.69 bits per heavy atom. The van der Waals surface area contributed by atoms with Crippen LogP contribution in [0.5, 0.6) is 0 Å². The second-order valence-electron chi connectivity index (χ2n) is 7.75. The Morgan fingerprint density at radius 1 is 1.24 bits per heavy atom. The molecule has 0 aliphatic heterocycles. The van der Waals surface area contributed by atoms with Gasteiger partial charge < -0.3 is 20.5 Å². The number of hydrogen-bond acceptors (Lipinski definition) is 5. The highest BCUT2D eigenvalue weighted by Gasteiger charge is 2.40. The van der Waals surface area contributed by atoms with E-state index >= 15 is 0 Å². The van der Waals surface area contributed by atoms with Crippen LogP contribution in [0.3, 0.4) is 0 Å². The number of rotatable bonds is 12. The normalized spacial score (nSPS) is 25.8. The predicted octanol–water partition coefficient (Wildman–Crippen LogP) is 3.08. The number of carbonyl (C=O) groups is 1. The summed E-state index contributed by atoms with van der Waals surface area (Å²) in [5, 5.41) is 38.8. The Hall–Kier alpha value is -1.99. The first kappa shape index (κ1) is 23.3. The molecule has 0 radical (unpaired) electrons. The lowest BCUT2D eigenvalue weighted by atomic mass is 9.89. The molecule has 0 amide bonds. The number of benzene rings is 1. The van der Waals surface area contributed by atoms with E-state index in [0.717, 1.165) is 6.42 Å². The van der Waals surface area contributed by atoms with E-state index in [2.05, 4.69) is 5.48 Å². The molecule has 6 nitrogen and oxygen atoms in total. The van der Waals surface area contributed by atoms with Gasteiger partial charge in [0.1, 0.15) is 0 Å². The average Bonchev–Trinajstić information content (AvgIpc) is 3.02. The van der Waals surface area contributed by atoms with Crippen molar-refractivity contribution in [2.24, 2.45) is 11.8 Å². The van der Waals surface area contributed by atoms with Crippen LogP contribution in [-0.2, 0) is 11.2 Å². The number of aliphatic hydroxyl groups is 2. The number of unbranched alkanes of at least 4 members (excludes halogenated alkanes) is 1. The molecule has 1 aromatic rings. The Morgan fingerprint density at radius 2 is 2.00 bits per heavy atom. The van der Waals surface area contributed by atoms with E-state index in [9.17, 15) is 20.2 Å². The van der Waals surface area contributed by atoms with Gasteiger partial charge in [0.2, 0.25) is 0 Å². The van der Waals surface area contributed by atoms with E-state index in [1.165, 1.54) is 5.56 Å². The second kappa shape index (κ2) is 12.5. The molecule has 29 heavy (non-hydrogen) atoms. The predicted molar refractivity (Wildman–Crippen MR) is 111 cm³/mol. The lowest BCUT2D eigenvalue weighted by Crippen LogP contribution is -2.30. The molecule has 1 aliphatic rings. The molecule has 160 valence electrons. The van der Waals surface area contributed by atoms with Gasteiger partial charge in [-0.15, -0.1) is 0 Å². The summed E-state index contributed by atoms with van der Waals surface area (Å²) >= 11 is 0. The van der Waals surface area contributed by atoms with Crippen LogP contribution in [0.15, 0.2) is 54.6 Å². The summed E-state index contributed by atoms with van der Waals surface area (Å²) in [4.78, 5) is 10.5. The fraction of sp³-hybridized carbons (Fsp3) is 0.522. The molecule has 0 heterocycles. The highest BCUT2D eigenvalue weighted by molar-refractivity contribution is 5.66. The number of allylic oxidation sites excluding steroid dienone is 2. The van der Waals surface area contributed by atoms with Crippen LogP contribution in [0, 0.1) is 11.8 Å². The van der Waals surface area contributed by atoms with E-state index in [-0.39, 0.29) is 24.3 Å². The van der Waals surface area contributed by atoms with Gasteiger partial charge >= 0.3 is 5.97 Å². The third kappa shape index (κ3) is 8.11. The van der Waals surface area contributed by atoms with Crippen LogP contribution in [0.4, 0.5) is 0 Å². The minimum Gasteiger partial charge on any atom is -0.481 e. The van der Waals surface area contributed by atoms with Crippen molar-refractivity contribution in [2.75, 3.05) is 0 Å². The summed E-state index contributed by atoms with van der Waals surface area (Å²) in [6, 6.07) is 9.74. The third-order valence-electron chi connectivity index (χ3n) is 5.58. The molecule has 0 saturated heterocycles. The van der Waals surface area contributed by atoms with Gasteiger partial charge in [0.05, 0.1) is 12.2 Å². The number of carboxylic acid groups (broad SMARTS) is 1. The number of nitrogens with one attached hydrogen (secondary N) is 1. The molecule has 2 unspecified atom stereocenters. The molecule has 0 bridgehead atoms. The molecule has 5 N–H and O–H groups in total. The molecule has 1 aromatic carbocycles. The molecule has 2 rings (SSSR count). The van der Waals surface area contributed by atoms with Gasteiger partial charge in [0.25, 0.3) is 0 Å². The minimum atomic E-state index is -0.794. The van der Waals surface area contributed by atoms with Crippen LogP contribution < -0.4 is 5.48 Å². The van der Waals surface area contributed by atoms with Crippen molar-refractivity contribution in [3.8, 4) is 0 Å². The van der Waals surface area contributed by atoms with Crippen molar-refractivity contribution in [3.05, 3.63) is 60.2 Å². The van der Waals surface area contributed by atoms with Crippen LogP contribution in [0.2, 0.25) is 0 Å². The van der Waals surface area contributed by atoms with Crippen LogP contribution in [0.1, 0.15) is 44.1 Å². The maximum Gasteiger partial charge on any atom is 0.303 e. The Balaban J connectivity index is 1.87. The smallest absolute Gasteiger partial charge is 0.303 e. The van der Waals surface area contributed by atoms with Gasteiger partial charge in [-0.05, 0) is 50.0 Å². The maximum absolute atomic E-state index is 10.5. The number of aryl methyl sites for hydroxylation is 1. The first-order valence-electron chi connectivity index (χ1n) is 10.4. The van der Waals surface area contributed by atoms with Crippen molar-refractivity contribution in [3.63, 3.8) is 0 Å². The Labute approximate surface area is 172 Å². The van der Waals surface area contributed by atoms with Crippen LogP contribution in [-0.4, -0.2) is 44.7 Å². The Kier molecular flexibility index (Phi) is 10.1. The van der Waals surface area contributed by atoms with Crippen molar-refractivity contribution >= 4 is 5.97 Å². The summed E-state index contributed by atoms with van der Waals surface area (Å²) < 4.78 is 0. The highest BCUT2D eigenvalue weighted by atomic mass is 16.5. The fourth-order valence-corrected chi connectivity index (χ4v) is 3.93. The standard InChI is InChI=1S/C23H33NO5/c25-18(13-12-17-8-4-3-5-9-17)14-15-19-20(22(26)16-21(19)24-29)10-6-1-2-7-11-23(27)28/h1,3-6,8-9,14-15,18-22,24-26,29H,2,7,10-13,16H2,(H,27,28)/b6-1-,15-14+/t18?,19-,20-,21?,22+/m1/s1. The summed E-state index contributed by atoms with van der Waals surface area (Å²) in [5.74, 6) is -0.949. The van der Waals surface area contributed by atoms with Crippen molar-refractivity contribution in [1.29, 1.82) is 0 Å². The quantitative estimate of drug-likeness (QED) is 0.208. The number of hydroxylamine groups is 1. The fourth-order valence-electron chi connectivity index (χ4n) is 3.93. The zero-order valence-corrected chi connectivity index (χ0v) is 16.7. The Bertz CT molecular complexity index is 660. The summed E-state index contributed by atoms with van der Waals surface area (Å²) in [5.41, 5.74) is 3.47. The largest absolute Gasteiger partial charge is 0.481 e. The molecule has 1 fully saturated rings. The summed E-state index contributed by atoms with van der Waals surface area (Å²) in [6.45, 7) is 0. The topological polar surface area (TPSA) is 110 Å². The molecule has 0 aromatic heterocycles. The van der Waals surface area contributed by atoms with Crippen molar-refractivity contribution in [1.82, 2.24) is 5.48 Å². The van der Waals surface area contributed by atoms with Gasteiger partial charge in [-0.25, -0.2) is 5.48 Å². The first-order chi connectivity index (χ1) is 14.0. The van der Waals surface area contributed by atoms with E-state index in [0.29, 0.717) is 32.1 Å².